The molecule has 0 unspecified atom stereocenters. The van der Waals surface area contributed by atoms with Gasteiger partial charge in [0.25, 0.3) is 5.91 Å². The van der Waals surface area contributed by atoms with E-state index in [1.165, 1.54) is 24.0 Å². The Bertz CT molecular complexity index is 987. The van der Waals surface area contributed by atoms with E-state index in [0.717, 1.165) is 24.2 Å². The molecule has 0 bridgehead atoms. The normalized spacial score (nSPS) is 13.0. The highest BCUT2D eigenvalue weighted by atomic mass is 35.5. The van der Waals surface area contributed by atoms with Crippen LogP contribution in [0.2, 0.25) is 5.02 Å². The topological polar surface area (TPSA) is 77.2 Å². The summed E-state index contributed by atoms with van der Waals surface area (Å²) in [6.07, 6.45) is 4.64. The van der Waals surface area contributed by atoms with Crippen LogP contribution in [0, 0.1) is 0 Å². The van der Waals surface area contributed by atoms with Crippen LogP contribution >= 0.6 is 11.6 Å². The fourth-order valence-electron chi connectivity index (χ4n) is 3.25. The first-order valence-electron chi connectivity index (χ1n) is 9.27. The number of nitrogens with one attached hydrogen (secondary N) is 1. The first-order valence-corrected chi connectivity index (χ1v) is 9.65. The van der Waals surface area contributed by atoms with Crippen molar-refractivity contribution >= 4 is 17.5 Å². The van der Waals surface area contributed by atoms with Crippen LogP contribution in [0.4, 0.5) is 0 Å². The van der Waals surface area contributed by atoms with E-state index in [1.807, 2.05) is 24.3 Å². The highest BCUT2D eigenvalue weighted by Crippen LogP contribution is 2.25. The summed E-state index contributed by atoms with van der Waals surface area (Å²) in [5.41, 5.74) is 3.46. The van der Waals surface area contributed by atoms with Gasteiger partial charge < -0.3 is 14.6 Å². The first kappa shape index (κ1) is 18.5. The fourth-order valence-corrected chi connectivity index (χ4v) is 3.44. The second kappa shape index (κ2) is 8.44. The second-order valence-electron chi connectivity index (χ2n) is 6.73. The average molecular weight is 398 g/mol. The Morgan fingerprint density at radius 1 is 1.14 bits per heavy atom. The molecule has 28 heavy (non-hydrogen) atoms. The summed E-state index contributed by atoms with van der Waals surface area (Å²) in [7, 11) is 0. The maximum absolute atomic E-state index is 12.1. The molecule has 0 radical (unpaired) electrons. The van der Waals surface area contributed by atoms with E-state index in [0.29, 0.717) is 16.7 Å². The highest BCUT2D eigenvalue weighted by molar-refractivity contribution is 6.30. The molecule has 0 fully saturated rings. The fraction of sp³-hybridized carbons (Fsp3) is 0.286. The molecule has 7 heteroatoms. The van der Waals surface area contributed by atoms with Gasteiger partial charge in [-0.15, -0.1) is 0 Å². The molecule has 6 nitrogen and oxygen atoms in total. The van der Waals surface area contributed by atoms with Gasteiger partial charge in [0.1, 0.15) is 5.75 Å². The molecule has 0 spiro atoms. The molecule has 1 heterocycles. The van der Waals surface area contributed by atoms with Crippen LogP contribution in [-0.2, 0) is 24.2 Å². The van der Waals surface area contributed by atoms with Crippen LogP contribution in [0.15, 0.2) is 47.0 Å². The molecule has 1 aliphatic carbocycles. The van der Waals surface area contributed by atoms with Gasteiger partial charge in [0.05, 0.1) is 6.54 Å². The largest absolute Gasteiger partial charge is 0.484 e. The number of halogens is 1. The number of carbonyl (C=O) groups is 1. The van der Waals surface area contributed by atoms with Crippen molar-refractivity contribution in [3.05, 3.63) is 64.5 Å². The number of fused-ring (bicyclic) bond motifs is 1. The van der Waals surface area contributed by atoms with E-state index in [1.54, 1.807) is 12.1 Å². The number of ether oxygens (including phenoxy) is 1. The third kappa shape index (κ3) is 4.51. The zero-order valence-corrected chi connectivity index (χ0v) is 16.0. The molecule has 1 aromatic heterocycles. The Morgan fingerprint density at radius 3 is 2.86 bits per heavy atom. The average Bonchev–Trinajstić information content (AvgIpc) is 3.20. The summed E-state index contributed by atoms with van der Waals surface area (Å²) >= 11 is 5.97. The van der Waals surface area contributed by atoms with E-state index in [4.69, 9.17) is 20.9 Å². The maximum atomic E-state index is 12.1. The SMILES string of the molecule is O=C(COc1ccc2c(c1)CCCC2)NCc1nc(-c2cccc(Cl)c2)no1. The first-order chi connectivity index (χ1) is 13.7. The van der Waals surface area contributed by atoms with Crippen molar-refractivity contribution in [2.45, 2.75) is 32.2 Å². The van der Waals surface area contributed by atoms with Crippen molar-refractivity contribution in [3.8, 4) is 17.1 Å². The van der Waals surface area contributed by atoms with Gasteiger partial charge in [0, 0.05) is 10.6 Å². The minimum atomic E-state index is -0.250. The van der Waals surface area contributed by atoms with Gasteiger partial charge in [-0.3, -0.25) is 4.79 Å². The lowest BCUT2D eigenvalue weighted by Crippen LogP contribution is -2.28. The number of benzene rings is 2. The predicted octanol–water partition coefficient (Wildman–Crippen LogP) is 3.96. The third-order valence-corrected chi connectivity index (χ3v) is 4.91. The van der Waals surface area contributed by atoms with Crippen molar-refractivity contribution in [2.75, 3.05) is 6.61 Å². The molecule has 2 aromatic carbocycles. The van der Waals surface area contributed by atoms with Crippen LogP contribution in [0.1, 0.15) is 29.9 Å². The van der Waals surface area contributed by atoms with Crippen LogP contribution in [0.25, 0.3) is 11.4 Å². The smallest absolute Gasteiger partial charge is 0.258 e. The molecular formula is C21H20ClN3O3. The number of aryl methyl sites for hydroxylation is 2. The summed E-state index contributed by atoms with van der Waals surface area (Å²) in [5, 5.41) is 7.23. The summed E-state index contributed by atoms with van der Waals surface area (Å²) in [6, 6.07) is 13.2. The van der Waals surface area contributed by atoms with E-state index < -0.39 is 0 Å². The van der Waals surface area contributed by atoms with Crippen LogP contribution in [0.3, 0.4) is 0 Å². The van der Waals surface area contributed by atoms with Crippen LogP contribution in [0.5, 0.6) is 5.75 Å². The molecular weight excluding hydrogens is 378 g/mol. The molecule has 0 atom stereocenters. The van der Waals surface area contributed by atoms with Gasteiger partial charge in [-0.25, -0.2) is 0 Å². The molecule has 3 aromatic rings. The molecule has 4 rings (SSSR count). The Kier molecular flexibility index (Phi) is 5.58. The van der Waals surface area contributed by atoms with E-state index in [-0.39, 0.29) is 19.1 Å². The summed E-state index contributed by atoms with van der Waals surface area (Å²) in [6.45, 7) is 0.0774. The molecule has 1 aliphatic rings. The molecule has 0 saturated carbocycles. The minimum absolute atomic E-state index is 0.0614. The quantitative estimate of drug-likeness (QED) is 0.681. The standard InChI is InChI=1S/C21H20ClN3O3/c22-17-7-3-6-16(10-17)21-24-20(28-25-21)12-23-19(26)13-27-18-9-8-14-4-1-2-5-15(14)11-18/h3,6-11H,1-2,4-5,12-13H2,(H,23,26). The van der Waals surface area contributed by atoms with Gasteiger partial charge in [0.2, 0.25) is 11.7 Å². The summed E-state index contributed by atoms with van der Waals surface area (Å²) in [5.74, 6) is 1.21. The van der Waals surface area contributed by atoms with E-state index in [9.17, 15) is 4.79 Å². The van der Waals surface area contributed by atoms with E-state index >= 15 is 0 Å². The van der Waals surface area contributed by atoms with Gasteiger partial charge in [0.15, 0.2) is 6.61 Å². The molecule has 0 saturated heterocycles. The zero-order valence-electron chi connectivity index (χ0n) is 15.3. The third-order valence-electron chi connectivity index (χ3n) is 4.68. The number of aromatic nitrogens is 2. The Labute approximate surface area is 167 Å². The number of carbonyl (C=O) groups excluding carboxylic acids is 1. The number of amides is 1. The maximum Gasteiger partial charge on any atom is 0.258 e. The Balaban J connectivity index is 1.28. The lowest BCUT2D eigenvalue weighted by molar-refractivity contribution is -0.123. The number of rotatable bonds is 6. The lowest BCUT2D eigenvalue weighted by atomic mass is 9.92. The molecule has 144 valence electrons. The van der Waals surface area contributed by atoms with Crippen molar-refractivity contribution in [3.63, 3.8) is 0 Å². The molecule has 1 amide bonds. The van der Waals surface area contributed by atoms with Crippen LogP contribution in [-0.4, -0.2) is 22.7 Å². The van der Waals surface area contributed by atoms with Gasteiger partial charge in [-0.05, 0) is 61.1 Å². The lowest BCUT2D eigenvalue weighted by Gasteiger charge is -2.16. The molecule has 1 N–H and O–H groups in total. The minimum Gasteiger partial charge on any atom is -0.484 e. The van der Waals surface area contributed by atoms with Crippen LogP contribution < -0.4 is 10.1 Å². The highest BCUT2D eigenvalue weighted by Gasteiger charge is 2.12. The summed E-state index contributed by atoms with van der Waals surface area (Å²) < 4.78 is 10.8. The Hall–Kier alpha value is -2.86. The predicted molar refractivity (Wildman–Crippen MR) is 105 cm³/mol. The van der Waals surface area contributed by atoms with Crippen molar-refractivity contribution in [2.24, 2.45) is 0 Å². The monoisotopic (exact) mass is 397 g/mol. The second-order valence-corrected chi connectivity index (χ2v) is 7.16. The zero-order chi connectivity index (χ0) is 19.3. The van der Waals surface area contributed by atoms with Gasteiger partial charge in [-0.2, -0.15) is 4.98 Å². The van der Waals surface area contributed by atoms with Gasteiger partial charge >= 0.3 is 0 Å². The number of hydrogen-bond donors (Lipinski definition) is 1. The van der Waals surface area contributed by atoms with E-state index in [2.05, 4.69) is 21.5 Å². The Morgan fingerprint density at radius 2 is 2.00 bits per heavy atom. The van der Waals surface area contributed by atoms with Crippen molar-refractivity contribution in [1.29, 1.82) is 0 Å². The summed E-state index contributed by atoms with van der Waals surface area (Å²) in [4.78, 5) is 16.3. The number of hydrogen-bond acceptors (Lipinski definition) is 5. The van der Waals surface area contributed by atoms with Crippen molar-refractivity contribution < 1.29 is 14.1 Å². The van der Waals surface area contributed by atoms with Crippen molar-refractivity contribution in [1.82, 2.24) is 15.5 Å². The van der Waals surface area contributed by atoms with Gasteiger partial charge in [-0.1, -0.05) is 35.0 Å². The number of nitrogens with zero attached hydrogens (tertiary/aromatic N) is 2. The molecule has 0 aliphatic heterocycles.